The Morgan fingerprint density at radius 1 is 0.906 bits per heavy atom. The molecule has 1 amide bonds. The Hall–Kier alpha value is -2.66. The number of halogens is 2. The van der Waals surface area contributed by atoms with Gasteiger partial charge in [0.05, 0.1) is 5.69 Å². The Labute approximate surface area is 198 Å². The highest BCUT2D eigenvalue weighted by Crippen LogP contribution is 2.27. The topological polar surface area (TPSA) is 49.4 Å². The van der Waals surface area contributed by atoms with E-state index in [-0.39, 0.29) is 17.6 Å². The van der Waals surface area contributed by atoms with E-state index >= 15 is 0 Å². The lowest BCUT2D eigenvalue weighted by molar-refractivity contribution is -0.121. The molecule has 1 fully saturated rings. The number of amides is 1. The van der Waals surface area contributed by atoms with Gasteiger partial charge >= 0.3 is 0 Å². The molecule has 4 rings (SSSR count). The zero-order valence-corrected chi connectivity index (χ0v) is 19.1. The van der Waals surface area contributed by atoms with Gasteiger partial charge in [-0.3, -0.25) is 14.5 Å². The Morgan fingerprint density at radius 2 is 1.59 bits per heavy atom. The van der Waals surface area contributed by atoms with E-state index in [0.717, 1.165) is 43.1 Å². The van der Waals surface area contributed by atoms with Gasteiger partial charge < -0.3 is 5.32 Å². The van der Waals surface area contributed by atoms with Crippen molar-refractivity contribution in [2.45, 2.75) is 19.4 Å². The van der Waals surface area contributed by atoms with E-state index in [4.69, 9.17) is 23.2 Å². The third-order valence-electron chi connectivity index (χ3n) is 5.83. The van der Waals surface area contributed by atoms with Crippen molar-refractivity contribution in [3.05, 3.63) is 99.5 Å². The fourth-order valence-electron chi connectivity index (χ4n) is 4.01. The highest BCUT2D eigenvalue weighted by molar-refractivity contribution is 6.31. The zero-order valence-electron chi connectivity index (χ0n) is 17.6. The molecule has 1 N–H and O–H groups in total. The molecule has 32 heavy (non-hydrogen) atoms. The normalized spacial score (nSPS) is 14.8. The van der Waals surface area contributed by atoms with E-state index in [2.05, 4.69) is 10.2 Å². The SMILES string of the molecule is O=C(c1ccccc1)c1cc(Cl)ccc1NC(=O)C1CCN(Cc2ccccc2Cl)CC1. The second-order valence-electron chi connectivity index (χ2n) is 8.02. The molecule has 0 atom stereocenters. The van der Waals surface area contributed by atoms with Crippen LogP contribution in [0.3, 0.4) is 0 Å². The fourth-order valence-corrected chi connectivity index (χ4v) is 4.38. The van der Waals surface area contributed by atoms with Crippen LogP contribution in [0, 0.1) is 5.92 Å². The first kappa shape index (κ1) is 22.5. The van der Waals surface area contributed by atoms with E-state index in [1.54, 1.807) is 30.3 Å². The first-order chi connectivity index (χ1) is 15.5. The molecule has 4 nitrogen and oxygen atoms in total. The number of anilines is 1. The molecule has 0 aliphatic carbocycles. The van der Waals surface area contributed by atoms with Crippen molar-refractivity contribution < 1.29 is 9.59 Å². The smallest absolute Gasteiger partial charge is 0.227 e. The molecule has 3 aromatic rings. The number of carbonyl (C=O) groups is 2. The number of piperidine rings is 1. The number of hydrogen-bond acceptors (Lipinski definition) is 3. The molecule has 164 valence electrons. The maximum atomic E-state index is 13.0. The second-order valence-corrected chi connectivity index (χ2v) is 8.86. The van der Waals surface area contributed by atoms with Crippen LogP contribution in [0.5, 0.6) is 0 Å². The van der Waals surface area contributed by atoms with Gasteiger partial charge in [0, 0.05) is 33.6 Å². The first-order valence-corrected chi connectivity index (χ1v) is 11.4. The Kier molecular flexibility index (Phi) is 7.26. The fraction of sp³-hybridized carbons (Fsp3) is 0.231. The van der Waals surface area contributed by atoms with Gasteiger partial charge in [0.15, 0.2) is 5.78 Å². The molecule has 0 radical (unpaired) electrons. The molecule has 0 saturated carbocycles. The molecule has 6 heteroatoms. The lowest BCUT2D eigenvalue weighted by atomic mass is 9.95. The van der Waals surface area contributed by atoms with Gasteiger partial charge in [-0.15, -0.1) is 0 Å². The van der Waals surface area contributed by atoms with Gasteiger partial charge in [-0.2, -0.15) is 0 Å². The van der Waals surface area contributed by atoms with Crippen LogP contribution in [0.1, 0.15) is 34.3 Å². The number of benzene rings is 3. The summed E-state index contributed by atoms with van der Waals surface area (Å²) in [7, 11) is 0. The number of hydrogen-bond donors (Lipinski definition) is 1. The predicted octanol–water partition coefficient (Wildman–Crippen LogP) is 6.08. The van der Waals surface area contributed by atoms with Crippen molar-refractivity contribution in [3.63, 3.8) is 0 Å². The first-order valence-electron chi connectivity index (χ1n) is 10.7. The number of carbonyl (C=O) groups excluding carboxylic acids is 2. The predicted molar refractivity (Wildman–Crippen MR) is 129 cm³/mol. The standard InChI is InChI=1S/C26H24Cl2N2O2/c27-21-10-11-24(22(16-21)25(31)18-6-2-1-3-7-18)29-26(32)19-12-14-30(15-13-19)17-20-8-4-5-9-23(20)28/h1-11,16,19H,12-15,17H2,(H,29,32). The van der Waals surface area contributed by atoms with Gasteiger partial charge in [0.2, 0.25) is 5.91 Å². The molecule has 0 unspecified atom stereocenters. The van der Waals surface area contributed by atoms with Crippen molar-refractivity contribution in [1.82, 2.24) is 4.90 Å². The van der Waals surface area contributed by atoms with E-state index in [9.17, 15) is 9.59 Å². The highest BCUT2D eigenvalue weighted by atomic mass is 35.5. The summed E-state index contributed by atoms with van der Waals surface area (Å²) in [6.45, 7) is 2.42. The highest BCUT2D eigenvalue weighted by Gasteiger charge is 2.26. The number of ketones is 1. The van der Waals surface area contributed by atoms with Crippen LogP contribution in [-0.2, 0) is 11.3 Å². The van der Waals surface area contributed by atoms with E-state index in [1.807, 2.05) is 42.5 Å². The summed E-state index contributed by atoms with van der Waals surface area (Å²) in [5, 5.41) is 4.20. The van der Waals surface area contributed by atoms with Crippen LogP contribution in [0.4, 0.5) is 5.69 Å². The Balaban J connectivity index is 1.41. The summed E-state index contributed by atoms with van der Waals surface area (Å²) in [5.41, 5.74) is 2.54. The van der Waals surface area contributed by atoms with Crippen molar-refractivity contribution in [3.8, 4) is 0 Å². The van der Waals surface area contributed by atoms with Crippen LogP contribution < -0.4 is 5.32 Å². The molecule has 0 spiro atoms. The van der Waals surface area contributed by atoms with Gasteiger partial charge in [-0.25, -0.2) is 0 Å². The Morgan fingerprint density at radius 3 is 2.31 bits per heavy atom. The lowest BCUT2D eigenvalue weighted by Gasteiger charge is -2.31. The molecular formula is C26H24Cl2N2O2. The van der Waals surface area contributed by atoms with Gasteiger partial charge in [0.25, 0.3) is 0 Å². The summed E-state index contributed by atoms with van der Waals surface area (Å²) in [6, 6.07) is 21.8. The van der Waals surface area contributed by atoms with Crippen molar-refractivity contribution in [2.75, 3.05) is 18.4 Å². The third kappa shape index (κ3) is 5.39. The van der Waals surface area contributed by atoms with E-state index in [0.29, 0.717) is 21.8 Å². The minimum atomic E-state index is -0.169. The van der Waals surface area contributed by atoms with Gasteiger partial charge in [-0.1, -0.05) is 71.7 Å². The average Bonchev–Trinajstić information content (AvgIpc) is 2.82. The molecule has 3 aromatic carbocycles. The molecule has 0 bridgehead atoms. The number of rotatable bonds is 6. The van der Waals surface area contributed by atoms with E-state index in [1.165, 1.54) is 0 Å². The van der Waals surface area contributed by atoms with Crippen LogP contribution in [0.2, 0.25) is 10.0 Å². The molecule has 1 saturated heterocycles. The maximum Gasteiger partial charge on any atom is 0.227 e. The van der Waals surface area contributed by atoms with Crippen LogP contribution in [0.25, 0.3) is 0 Å². The number of likely N-dealkylation sites (tertiary alicyclic amines) is 1. The summed E-state index contributed by atoms with van der Waals surface area (Å²) in [4.78, 5) is 28.3. The lowest BCUT2D eigenvalue weighted by Crippen LogP contribution is -2.38. The van der Waals surface area contributed by atoms with Crippen LogP contribution in [-0.4, -0.2) is 29.7 Å². The quantitative estimate of drug-likeness (QED) is 0.448. The summed E-state index contributed by atoms with van der Waals surface area (Å²) in [5.74, 6) is -0.336. The molecule has 1 heterocycles. The zero-order chi connectivity index (χ0) is 22.5. The largest absolute Gasteiger partial charge is 0.325 e. The van der Waals surface area contributed by atoms with Crippen LogP contribution >= 0.6 is 23.2 Å². The van der Waals surface area contributed by atoms with E-state index < -0.39 is 0 Å². The summed E-state index contributed by atoms with van der Waals surface area (Å²) >= 11 is 12.4. The maximum absolute atomic E-state index is 13.0. The number of nitrogens with one attached hydrogen (secondary N) is 1. The minimum Gasteiger partial charge on any atom is -0.325 e. The van der Waals surface area contributed by atoms with Crippen molar-refractivity contribution in [2.24, 2.45) is 5.92 Å². The minimum absolute atomic E-state index is 0.0631. The Bertz CT molecular complexity index is 1110. The van der Waals surface area contributed by atoms with Gasteiger partial charge in [0.1, 0.15) is 0 Å². The second kappa shape index (κ2) is 10.3. The molecular weight excluding hydrogens is 443 g/mol. The molecule has 1 aliphatic rings. The van der Waals surface area contributed by atoms with Crippen molar-refractivity contribution >= 4 is 40.6 Å². The van der Waals surface area contributed by atoms with Crippen molar-refractivity contribution in [1.29, 1.82) is 0 Å². The third-order valence-corrected chi connectivity index (χ3v) is 6.43. The monoisotopic (exact) mass is 466 g/mol. The summed E-state index contributed by atoms with van der Waals surface area (Å²) < 4.78 is 0. The number of nitrogens with zero attached hydrogens (tertiary/aromatic N) is 1. The summed E-state index contributed by atoms with van der Waals surface area (Å²) in [6.07, 6.45) is 1.51. The molecule has 1 aliphatic heterocycles. The van der Waals surface area contributed by atoms with Gasteiger partial charge in [-0.05, 0) is 55.8 Å². The average molecular weight is 467 g/mol. The molecule has 0 aromatic heterocycles. The van der Waals surface area contributed by atoms with Crippen LogP contribution in [0.15, 0.2) is 72.8 Å².